The molecular weight excluding hydrogens is 457 g/mol. The molecule has 7 nitrogen and oxygen atoms in total. The fourth-order valence-corrected chi connectivity index (χ4v) is 3.96. The minimum absolute atomic E-state index is 0.175. The average molecular weight is 477 g/mol. The zero-order valence-corrected chi connectivity index (χ0v) is 19.2. The molecule has 2 heterocycles. The minimum Gasteiger partial charge on any atom is -0.326 e. The summed E-state index contributed by atoms with van der Waals surface area (Å²) in [7, 11) is 0. The highest BCUT2D eigenvalue weighted by atomic mass is 19.1. The molecule has 0 aliphatic carbocycles. The Balaban J connectivity index is 1.55. The van der Waals surface area contributed by atoms with Crippen LogP contribution in [0.3, 0.4) is 0 Å². The Hall–Kier alpha value is -4.98. The normalized spacial score (nSPS) is 10.7. The largest absolute Gasteiger partial charge is 0.326 e. The van der Waals surface area contributed by atoms with Gasteiger partial charge in [0.25, 0.3) is 5.91 Å². The van der Waals surface area contributed by atoms with Crippen molar-refractivity contribution in [3.63, 3.8) is 0 Å². The van der Waals surface area contributed by atoms with Crippen LogP contribution in [0.1, 0.15) is 17.3 Å². The summed E-state index contributed by atoms with van der Waals surface area (Å²) in [4.78, 5) is 36.7. The maximum absolute atomic E-state index is 15.3. The Morgan fingerprint density at radius 2 is 1.72 bits per heavy atom. The molecule has 3 aromatic carbocycles. The molecule has 0 fully saturated rings. The van der Waals surface area contributed by atoms with Crippen molar-refractivity contribution in [1.82, 2.24) is 15.0 Å². The Bertz CT molecular complexity index is 1610. The SMILES string of the molecule is CC(=O)Nc1cccc(-c2cc(-c3ccc(C(=O)Nc4ccccn4)cc3F)cc3cncnc23)c1. The third-order valence-corrected chi connectivity index (χ3v) is 5.55. The van der Waals surface area contributed by atoms with Gasteiger partial charge in [-0.2, -0.15) is 0 Å². The van der Waals surface area contributed by atoms with Gasteiger partial charge < -0.3 is 10.6 Å². The third kappa shape index (κ3) is 4.78. The molecule has 0 saturated carbocycles. The van der Waals surface area contributed by atoms with Crippen molar-refractivity contribution in [2.75, 3.05) is 10.6 Å². The number of nitrogens with one attached hydrogen (secondary N) is 2. The first-order valence-corrected chi connectivity index (χ1v) is 11.1. The van der Waals surface area contributed by atoms with Gasteiger partial charge in [-0.05, 0) is 59.7 Å². The maximum Gasteiger partial charge on any atom is 0.256 e. The Labute approximate surface area is 206 Å². The highest BCUT2D eigenvalue weighted by Crippen LogP contribution is 2.35. The van der Waals surface area contributed by atoms with Gasteiger partial charge in [-0.15, -0.1) is 0 Å². The standard InChI is InChI=1S/C28H20FN5O2/c1-17(35)33-22-6-4-5-18(12-22)24-13-20(11-21-15-30-16-32-27(21)24)23-9-8-19(14-25(23)29)28(36)34-26-7-2-3-10-31-26/h2-16H,1H3,(H,33,35)(H,31,34,36). The Morgan fingerprint density at radius 3 is 2.50 bits per heavy atom. The van der Waals surface area contributed by atoms with E-state index in [0.29, 0.717) is 28.1 Å². The van der Waals surface area contributed by atoms with E-state index in [4.69, 9.17) is 0 Å². The van der Waals surface area contributed by atoms with Crippen molar-refractivity contribution in [2.24, 2.45) is 0 Å². The predicted octanol–water partition coefficient (Wildman–Crippen LogP) is 5.71. The number of anilines is 2. The van der Waals surface area contributed by atoms with Gasteiger partial charge in [0, 0.05) is 47.1 Å². The summed E-state index contributed by atoms with van der Waals surface area (Å²) < 4.78 is 15.3. The van der Waals surface area contributed by atoms with Gasteiger partial charge in [-0.25, -0.2) is 19.3 Å². The summed E-state index contributed by atoms with van der Waals surface area (Å²) in [6.07, 6.45) is 4.69. The van der Waals surface area contributed by atoms with E-state index in [-0.39, 0.29) is 11.5 Å². The average Bonchev–Trinajstić information content (AvgIpc) is 2.88. The molecule has 0 unspecified atom stereocenters. The Kier molecular flexibility index (Phi) is 6.15. The number of amides is 2. The monoisotopic (exact) mass is 477 g/mol. The lowest BCUT2D eigenvalue weighted by molar-refractivity contribution is -0.114. The van der Waals surface area contributed by atoms with Crippen LogP contribution in [0.4, 0.5) is 15.9 Å². The van der Waals surface area contributed by atoms with Crippen molar-refractivity contribution < 1.29 is 14.0 Å². The zero-order valence-electron chi connectivity index (χ0n) is 19.2. The lowest BCUT2D eigenvalue weighted by atomic mass is 9.95. The molecule has 36 heavy (non-hydrogen) atoms. The van der Waals surface area contributed by atoms with Crippen LogP contribution in [-0.2, 0) is 4.79 Å². The molecule has 2 N–H and O–H groups in total. The fourth-order valence-electron chi connectivity index (χ4n) is 3.96. The zero-order chi connectivity index (χ0) is 25.1. The van der Waals surface area contributed by atoms with Gasteiger partial charge in [-0.3, -0.25) is 9.59 Å². The topological polar surface area (TPSA) is 96.9 Å². The summed E-state index contributed by atoms with van der Waals surface area (Å²) >= 11 is 0. The maximum atomic E-state index is 15.3. The van der Waals surface area contributed by atoms with Crippen LogP contribution in [0, 0.1) is 5.82 Å². The molecule has 0 aliphatic heterocycles. The molecular formula is C28H20FN5O2. The number of hydrogen-bond acceptors (Lipinski definition) is 5. The van der Waals surface area contributed by atoms with E-state index in [1.54, 1.807) is 48.8 Å². The smallest absolute Gasteiger partial charge is 0.256 e. The number of rotatable bonds is 5. The molecule has 8 heteroatoms. The van der Waals surface area contributed by atoms with Crippen molar-refractivity contribution in [3.05, 3.63) is 103 Å². The third-order valence-electron chi connectivity index (χ3n) is 5.55. The van der Waals surface area contributed by atoms with Crippen LogP contribution in [0.2, 0.25) is 0 Å². The first-order valence-electron chi connectivity index (χ1n) is 11.1. The molecule has 0 aliphatic rings. The van der Waals surface area contributed by atoms with Gasteiger partial charge >= 0.3 is 0 Å². The van der Waals surface area contributed by atoms with Crippen LogP contribution >= 0.6 is 0 Å². The number of benzene rings is 3. The van der Waals surface area contributed by atoms with E-state index in [1.165, 1.54) is 19.3 Å². The number of pyridine rings is 1. The molecule has 0 saturated heterocycles. The lowest BCUT2D eigenvalue weighted by Gasteiger charge is -2.13. The highest BCUT2D eigenvalue weighted by Gasteiger charge is 2.15. The van der Waals surface area contributed by atoms with E-state index in [2.05, 4.69) is 25.6 Å². The summed E-state index contributed by atoms with van der Waals surface area (Å²) in [5.74, 6) is -0.797. The molecule has 0 atom stereocenters. The van der Waals surface area contributed by atoms with Crippen molar-refractivity contribution >= 4 is 34.2 Å². The Morgan fingerprint density at radius 1 is 0.833 bits per heavy atom. The van der Waals surface area contributed by atoms with Crippen LogP contribution in [0.25, 0.3) is 33.2 Å². The van der Waals surface area contributed by atoms with E-state index in [0.717, 1.165) is 16.5 Å². The van der Waals surface area contributed by atoms with Crippen molar-refractivity contribution in [3.8, 4) is 22.3 Å². The second-order valence-electron chi connectivity index (χ2n) is 8.11. The van der Waals surface area contributed by atoms with Gasteiger partial charge in [0.15, 0.2) is 0 Å². The molecule has 2 amide bonds. The number of aromatic nitrogens is 3. The van der Waals surface area contributed by atoms with Crippen LogP contribution < -0.4 is 10.6 Å². The molecule has 2 aromatic heterocycles. The molecule has 5 aromatic rings. The quantitative estimate of drug-likeness (QED) is 0.338. The molecule has 0 spiro atoms. The van der Waals surface area contributed by atoms with Gasteiger partial charge in [0.1, 0.15) is 18.0 Å². The summed E-state index contributed by atoms with van der Waals surface area (Å²) in [6.45, 7) is 1.44. The van der Waals surface area contributed by atoms with Gasteiger partial charge in [0.05, 0.1) is 5.52 Å². The number of nitrogens with zero attached hydrogens (tertiary/aromatic N) is 3. The minimum atomic E-state index is -0.544. The van der Waals surface area contributed by atoms with Crippen LogP contribution in [0.5, 0.6) is 0 Å². The van der Waals surface area contributed by atoms with Gasteiger partial charge in [-0.1, -0.05) is 24.3 Å². The van der Waals surface area contributed by atoms with Crippen molar-refractivity contribution in [1.29, 1.82) is 0 Å². The van der Waals surface area contributed by atoms with Crippen LogP contribution in [0.15, 0.2) is 91.5 Å². The summed E-state index contributed by atoms with van der Waals surface area (Å²) in [5, 5.41) is 6.16. The van der Waals surface area contributed by atoms with E-state index >= 15 is 4.39 Å². The number of halogens is 1. The fraction of sp³-hybridized carbons (Fsp3) is 0.0357. The van der Waals surface area contributed by atoms with E-state index < -0.39 is 11.7 Å². The lowest BCUT2D eigenvalue weighted by Crippen LogP contribution is -2.13. The number of carbonyl (C=O) groups is 2. The first kappa shape index (κ1) is 22.8. The summed E-state index contributed by atoms with van der Waals surface area (Å²) in [5.41, 5.74) is 4.00. The highest BCUT2D eigenvalue weighted by molar-refractivity contribution is 6.04. The molecule has 0 bridgehead atoms. The number of carbonyl (C=O) groups excluding carboxylic acids is 2. The summed E-state index contributed by atoms with van der Waals surface area (Å²) in [6, 6.07) is 20.5. The number of hydrogen-bond donors (Lipinski definition) is 2. The second kappa shape index (κ2) is 9.71. The predicted molar refractivity (Wildman–Crippen MR) is 137 cm³/mol. The first-order chi connectivity index (χ1) is 17.5. The van der Waals surface area contributed by atoms with Gasteiger partial charge in [0.2, 0.25) is 5.91 Å². The number of fused-ring (bicyclic) bond motifs is 1. The molecule has 0 radical (unpaired) electrons. The van der Waals surface area contributed by atoms with Crippen LogP contribution in [-0.4, -0.2) is 26.8 Å². The second-order valence-corrected chi connectivity index (χ2v) is 8.11. The van der Waals surface area contributed by atoms with E-state index in [9.17, 15) is 9.59 Å². The van der Waals surface area contributed by atoms with Crippen molar-refractivity contribution in [2.45, 2.75) is 6.92 Å². The van der Waals surface area contributed by atoms with E-state index in [1.807, 2.05) is 30.3 Å². The molecule has 5 rings (SSSR count). The molecule has 176 valence electrons.